The normalized spacial score (nSPS) is 11.3. The summed E-state index contributed by atoms with van der Waals surface area (Å²) >= 11 is 8.95. The predicted octanol–water partition coefficient (Wildman–Crippen LogP) is 3.61. The van der Waals surface area contributed by atoms with Gasteiger partial charge in [0.15, 0.2) is 0 Å². The number of hydrogen-bond donors (Lipinski definition) is 1. The number of nitrogens with zero attached hydrogens (tertiary/aromatic N) is 1. The molecule has 0 fully saturated rings. The molecule has 0 atom stereocenters. The van der Waals surface area contributed by atoms with Gasteiger partial charge in [-0.15, -0.1) is 0 Å². The van der Waals surface area contributed by atoms with E-state index in [9.17, 15) is 8.42 Å². The van der Waals surface area contributed by atoms with Gasteiger partial charge in [-0.2, -0.15) is 0 Å². The Labute approximate surface area is 125 Å². The van der Waals surface area contributed by atoms with E-state index >= 15 is 0 Å². The van der Waals surface area contributed by atoms with Crippen molar-refractivity contribution in [2.45, 2.75) is 11.8 Å². The van der Waals surface area contributed by atoms with Crippen molar-refractivity contribution in [1.29, 1.82) is 0 Å². The Morgan fingerprint density at radius 1 is 1.32 bits per heavy atom. The standard InChI is InChI=1S/C12H10BrClN2O2S/c1-8-3-2-4-10(5-8)19(17,18)16-9-6-11(13)12(14)15-7-9/h2-7,16H,1H3. The van der Waals surface area contributed by atoms with E-state index in [4.69, 9.17) is 11.6 Å². The molecule has 19 heavy (non-hydrogen) atoms. The third kappa shape index (κ3) is 3.46. The molecule has 0 saturated carbocycles. The maximum atomic E-state index is 12.2. The molecule has 0 aliphatic carbocycles. The first-order valence-electron chi connectivity index (χ1n) is 5.29. The van der Waals surface area contributed by atoms with Crippen molar-refractivity contribution < 1.29 is 8.42 Å². The van der Waals surface area contributed by atoms with Gasteiger partial charge in [0.25, 0.3) is 10.0 Å². The van der Waals surface area contributed by atoms with E-state index in [2.05, 4.69) is 25.6 Å². The van der Waals surface area contributed by atoms with Gasteiger partial charge >= 0.3 is 0 Å². The lowest BCUT2D eigenvalue weighted by molar-refractivity contribution is 0.601. The average molecular weight is 362 g/mol. The monoisotopic (exact) mass is 360 g/mol. The zero-order valence-corrected chi connectivity index (χ0v) is 13.1. The molecule has 0 amide bonds. The Balaban J connectivity index is 2.33. The molecule has 0 saturated heterocycles. The SMILES string of the molecule is Cc1cccc(S(=O)(=O)Nc2cnc(Cl)c(Br)c2)c1. The Morgan fingerprint density at radius 2 is 2.05 bits per heavy atom. The molecule has 1 aromatic heterocycles. The number of anilines is 1. The summed E-state index contributed by atoms with van der Waals surface area (Å²) in [6, 6.07) is 8.22. The summed E-state index contributed by atoms with van der Waals surface area (Å²) in [5, 5.41) is 0.276. The summed E-state index contributed by atoms with van der Waals surface area (Å²) in [4.78, 5) is 4.07. The minimum atomic E-state index is -3.62. The quantitative estimate of drug-likeness (QED) is 0.850. The van der Waals surface area contributed by atoms with Crippen LogP contribution in [0.5, 0.6) is 0 Å². The first kappa shape index (κ1) is 14.3. The van der Waals surface area contributed by atoms with E-state index in [0.29, 0.717) is 10.2 Å². The van der Waals surface area contributed by atoms with Crippen molar-refractivity contribution in [3.8, 4) is 0 Å². The molecular formula is C12H10BrClN2O2S. The lowest BCUT2D eigenvalue weighted by Crippen LogP contribution is -2.13. The van der Waals surface area contributed by atoms with Gasteiger partial charge in [-0.1, -0.05) is 23.7 Å². The molecule has 0 radical (unpaired) electrons. The number of pyridine rings is 1. The molecule has 2 aromatic rings. The lowest BCUT2D eigenvalue weighted by atomic mass is 10.2. The van der Waals surface area contributed by atoms with Crippen LogP contribution < -0.4 is 4.72 Å². The first-order chi connectivity index (χ1) is 8.88. The number of halogens is 2. The van der Waals surface area contributed by atoms with Gasteiger partial charge in [0, 0.05) is 0 Å². The Hall–Kier alpha value is -1.11. The number of benzene rings is 1. The van der Waals surface area contributed by atoms with Gasteiger partial charge in [0.2, 0.25) is 0 Å². The number of nitrogens with one attached hydrogen (secondary N) is 1. The smallest absolute Gasteiger partial charge is 0.261 e. The highest BCUT2D eigenvalue weighted by Gasteiger charge is 2.14. The summed E-state index contributed by atoms with van der Waals surface area (Å²) in [5.41, 5.74) is 1.22. The maximum Gasteiger partial charge on any atom is 0.261 e. The van der Waals surface area contributed by atoms with E-state index in [0.717, 1.165) is 5.56 Å². The van der Waals surface area contributed by atoms with Gasteiger partial charge in [0.05, 0.1) is 21.3 Å². The summed E-state index contributed by atoms with van der Waals surface area (Å²) in [6.45, 7) is 1.83. The summed E-state index contributed by atoms with van der Waals surface area (Å²) < 4.78 is 27.3. The molecule has 2 rings (SSSR count). The van der Waals surface area contributed by atoms with E-state index in [-0.39, 0.29) is 10.0 Å². The molecule has 4 nitrogen and oxygen atoms in total. The summed E-state index contributed by atoms with van der Waals surface area (Å²) in [7, 11) is -3.62. The Kier molecular flexibility index (Phi) is 4.13. The van der Waals surface area contributed by atoms with Crippen LogP contribution in [0.4, 0.5) is 5.69 Å². The van der Waals surface area contributed by atoms with Gasteiger partial charge in [-0.25, -0.2) is 13.4 Å². The highest BCUT2D eigenvalue weighted by atomic mass is 79.9. The highest BCUT2D eigenvalue weighted by Crippen LogP contribution is 2.24. The van der Waals surface area contributed by atoms with Gasteiger partial charge in [0.1, 0.15) is 5.15 Å². The molecule has 0 aliphatic heterocycles. The van der Waals surface area contributed by atoms with Crippen LogP contribution in [0.2, 0.25) is 5.15 Å². The van der Waals surface area contributed by atoms with Crippen molar-refractivity contribution in [2.75, 3.05) is 4.72 Å². The average Bonchev–Trinajstić information content (AvgIpc) is 2.33. The Bertz CT molecular complexity index is 719. The highest BCUT2D eigenvalue weighted by molar-refractivity contribution is 9.10. The number of sulfonamides is 1. The first-order valence-corrected chi connectivity index (χ1v) is 7.94. The fourth-order valence-electron chi connectivity index (χ4n) is 1.47. The molecule has 1 N–H and O–H groups in total. The summed E-state index contributed by atoms with van der Waals surface area (Å²) in [5.74, 6) is 0. The fourth-order valence-corrected chi connectivity index (χ4v) is 3.06. The molecule has 1 heterocycles. The van der Waals surface area contributed by atoms with Crippen molar-refractivity contribution in [3.63, 3.8) is 0 Å². The number of aryl methyl sites for hydroxylation is 1. The van der Waals surface area contributed by atoms with Gasteiger partial charge in [-0.3, -0.25) is 4.72 Å². The fraction of sp³-hybridized carbons (Fsp3) is 0.0833. The molecule has 0 aliphatic rings. The van der Waals surface area contributed by atoms with Crippen molar-refractivity contribution in [1.82, 2.24) is 4.98 Å². The second-order valence-corrected chi connectivity index (χ2v) is 6.81. The second kappa shape index (κ2) is 5.48. The molecule has 1 aromatic carbocycles. The molecular weight excluding hydrogens is 352 g/mol. The molecule has 100 valence electrons. The van der Waals surface area contributed by atoms with Crippen LogP contribution in [0.3, 0.4) is 0 Å². The zero-order chi connectivity index (χ0) is 14.0. The number of hydrogen-bond acceptors (Lipinski definition) is 3. The zero-order valence-electron chi connectivity index (χ0n) is 9.89. The van der Waals surface area contributed by atoms with Crippen LogP contribution in [0.25, 0.3) is 0 Å². The maximum absolute atomic E-state index is 12.2. The molecule has 0 bridgehead atoms. The lowest BCUT2D eigenvalue weighted by Gasteiger charge is -2.09. The van der Waals surface area contributed by atoms with E-state index in [1.807, 2.05) is 13.0 Å². The van der Waals surface area contributed by atoms with Crippen LogP contribution in [0.1, 0.15) is 5.56 Å². The Morgan fingerprint density at radius 3 is 2.68 bits per heavy atom. The third-order valence-electron chi connectivity index (χ3n) is 2.35. The van der Waals surface area contributed by atoms with Crippen LogP contribution >= 0.6 is 27.5 Å². The number of rotatable bonds is 3. The minimum Gasteiger partial charge on any atom is -0.278 e. The second-order valence-electron chi connectivity index (χ2n) is 3.92. The largest absolute Gasteiger partial charge is 0.278 e. The molecule has 0 spiro atoms. The predicted molar refractivity (Wildman–Crippen MR) is 78.9 cm³/mol. The molecule has 0 unspecified atom stereocenters. The van der Waals surface area contributed by atoms with Gasteiger partial charge < -0.3 is 0 Å². The van der Waals surface area contributed by atoms with E-state index < -0.39 is 10.0 Å². The molecule has 7 heteroatoms. The van der Waals surface area contributed by atoms with Crippen LogP contribution in [0.15, 0.2) is 45.9 Å². The van der Waals surface area contributed by atoms with Crippen LogP contribution in [0, 0.1) is 6.92 Å². The van der Waals surface area contributed by atoms with Crippen molar-refractivity contribution in [3.05, 3.63) is 51.7 Å². The third-order valence-corrected chi connectivity index (χ3v) is 4.86. The van der Waals surface area contributed by atoms with Crippen LogP contribution in [-0.2, 0) is 10.0 Å². The topological polar surface area (TPSA) is 59.1 Å². The van der Waals surface area contributed by atoms with Crippen LogP contribution in [-0.4, -0.2) is 13.4 Å². The van der Waals surface area contributed by atoms with Gasteiger partial charge in [-0.05, 0) is 46.6 Å². The minimum absolute atomic E-state index is 0.207. The van der Waals surface area contributed by atoms with Crippen molar-refractivity contribution in [2.24, 2.45) is 0 Å². The number of aromatic nitrogens is 1. The summed E-state index contributed by atoms with van der Waals surface area (Å²) in [6.07, 6.45) is 1.36. The van der Waals surface area contributed by atoms with E-state index in [1.54, 1.807) is 18.2 Å². The van der Waals surface area contributed by atoms with E-state index in [1.165, 1.54) is 12.3 Å². The van der Waals surface area contributed by atoms with Crippen molar-refractivity contribution >= 4 is 43.2 Å².